The third-order valence-corrected chi connectivity index (χ3v) is 4.07. The summed E-state index contributed by atoms with van der Waals surface area (Å²) in [4.78, 5) is 4.42. The summed E-state index contributed by atoms with van der Waals surface area (Å²) in [6.45, 7) is 0. The lowest BCUT2D eigenvalue weighted by Crippen LogP contribution is -2.25. The molecule has 1 aromatic carbocycles. The lowest BCUT2D eigenvalue weighted by molar-refractivity contribution is -0.0178. The van der Waals surface area contributed by atoms with Gasteiger partial charge >= 0.3 is 0 Å². The molecule has 1 fully saturated rings. The first-order valence-corrected chi connectivity index (χ1v) is 6.95. The van der Waals surface area contributed by atoms with Gasteiger partial charge in [-0.1, -0.05) is 5.16 Å². The normalized spacial score (nSPS) is 17.0. The number of hydrogen-bond donors (Lipinski definition) is 1. The van der Waals surface area contributed by atoms with E-state index in [2.05, 4.69) is 10.1 Å². The summed E-state index contributed by atoms with van der Waals surface area (Å²) in [6, 6.07) is 4.88. The third-order valence-electron chi connectivity index (χ3n) is 4.07. The van der Waals surface area contributed by atoms with E-state index in [0.717, 1.165) is 25.7 Å². The Balaban J connectivity index is 1.98. The molecule has 6 heteroatoms. The second-order valence-electron chi connectivity index (χ2n) is 5.21. The molecule has 21 heavy (non-hydrogen) atoms. The first kappa shape index (κ1) is 13.9. The van der Waals surface area contributed by atoms with Gasteiger partial charge in [-0.15, -0.1) is 0 Å². The number of rotatable bonds is 4. The molecule has 0 unspecified atom stereocenters. The minimum atomic E-state index is -0.462. The second-order valence-corrected chi connectivity index (χ2v) is 5.21. The molecule has 1 aliphatic rings. The van der Waals surface area contributed by atoms with E-state index in [9.17, 15) is 5.11 Å². The van der Waals surface area contributed by atoms with E-state index in [1.807, 2.05) is 0 Å². The Hall–Kier alpha value is -2.08. The van der Waals surface area contributed by atoms with Crippen LogP contribution in [0, 0.1) is 0 Å². The van der Waals surface area contributed by atoms with Gasteiger partial charge in [0.2, 0.25) is 5.82 Å². The summed E-state index contributed by atoms with van der Waals surface area (Å²) in [7, 11) is 3.23. The van der Waals surface area contributed by atoms with Gasteiger partial charge in [0.15, 0.2) is 0 Å². The monoisotopic (exact) mass is 290 g/mol. The summed E-state index contributed by atoms with van der Waals surface area (Å²) in [5.41, 5.74) is -0.00619. The molecule has 1 heterocycles. The van der Waals surface area contributed by atoms with E-state index in [4.69, 9.17) is 14.0 Å². The molecule has 0 atom stereocenters. The fourth-order valence-electron chi connectivity index (χ4n) is 2.80. The summed E-state index contributed by atoms with van der Waals surface area (Å²) in [5.74, 6) is 1.50. The van der Waals surface area contributed by atoms with Gasteiger partial charge in [0.05, 0.1) is 12.7 Å². The Morgan fingerprint density at radius 1 is 1.24 bits per heavy atom. The number of benzene rings is 1. The molecule has 0 spiro atoms. The zero-order valence-corrected chi connectivity index (χ0v) is 12.1. The number of aromatic hydroxyl groups is 1. The van der Waals surface area contributed by atoms with Crippen LogP contribution in [-0.2, 0) is 10.3 Å². The average Bonchev–Trinajstić information content (AvgIpc) is 3.17. The van der Waals surface area contributed by atoms with Crippen molar-refractivity contribution >= 4 is 0 Å². The molecule has 0 bridgehead atoms. The van der Waals surface area contributed by atoms with Crippen LogP contribution in [0.1, 0.15) is 31.5 Å². The molecule has 0 saturated heterocycles. The number of ether oxygens (including phenoxy) is 2. The van der Waals surface area contributed by atoms with Crippen molar-refractivity contribution in [2.75, 3.05) is 14.2 Å². The van der Waals surface area contributed by atoms with Gasteiger partial charge in [-0.3, -0.25) is 0 Å². The highest BCUT2D eigenvalue weighted by atomic mass is 16.5. The Kier molecular flexibility index (Phi) is 3.55. The van der Waals surface area contributed by atoms with Crippen LogP contribution in [0.4, 0.5) is 0 Å². The number of hydrogen-bond acceptors (Lipinski definition) is 6. The van der Waals surface area contributed by atoms with Crippen LogP contribution >= 0.6 is 0 Å². The molecule has 0 radical (unpaired) electrons. The standard InChI is InChI=1S/C15H18N2O4/c1-19-10-5-6-12(18)11(9-10)13-16-14(17-21-13)15(20-2)7-3-4-8-15/h5-6,9,18H,3-4,7-8H2,1-2H3. The van der Waals surface area contributed by atoms with Gasteiger partial charge in [0.1, 0.15) is 17.1 Å². The second kappa shape index (κ2) is 5.37. The smallest absolute Gasteiger partial charge is 0.261 e. The molecular formula is C15H18N2O4. The maximum absolute atomic E-state index is 9.97. The fourth-order valence-corrected chi connectivity index (χ4v) is 2.80. The van der Waals surface area contributed by atoms with Crippen molar-refractivity contribution in [3.63, 3.8) is 0 Å². The number of aromatic nitrogens is 2. The maximum atomic E-state index is 9.97. The number of phenols is 1. The van der Waals surface area contributed by atoms with Gasteiger partial charge in [0.25, 0.3) is 5.89 Å². The lowest BCUT2D eigenvalue weighted by atomic mass is 10.0. The molecule has 112 valence electrons. The van der Waals surface area contributed by atoms with E-state index >= 15 is 0 Å². The van der Waals surface area contributed by atoms with Gasteiger partial charge in [0, 0.05) is 7.11 Å². The Morgan fingerprint density at radius 2 is 2.00 bits per heavy atom. The Labute approximate surface area is 122 Å². The van der Waals surface area contributed by atoms with E-state index in [0.29, 0.717) is 17.1 Å². The first-order chi connectivity index (χ1) is 10.2. The van der Waals surface area contributed by atoms with Crippen LogP contribution in [-0.4, -0.2) is 29.5 Å². The van der Waals surface area contributed by atoms with Gasteiger partial charge in [-0.05, 0) is 43.9 Å². The molecule has 6 nitrogen and oxygen atoms in total. The Morgan fingerprint density at radius 3 is 2.67 bits per heavy atom. The van der Waals surface area contributed by atoms with Gasteiger partial charge in [-0.25, -0.2) is 0 Å². The highest BCUT2D eigenvalue weighted by molar-refractivity contribution is 5.64. The Bertz CT molecular complexity index is 632. The van der Waals surface area contributed by atoms with Crippen LogP contribution in [0.15, 0.2) is 22.7 Å². The minimum Gasteiger partial charge on any atom is -0.507 e. The van der Waals surface area contributed by atoms with Crippen molar-refractivity contribution < 1.29 is 19.1 Å². The number of phenolic OH excluding ortho intramolecular Hbond substituents is 1. The molecule has 0 aliphatic heterocycles. The minimum absolute atomic E-state index is 0.0730. The lowest BCUT2D eigenvalue weighted by Gasteiger charge is -2.22. The zero-order valence-electron chi connectivity index (χ0n) is 12.1. The SMILES string of the molecule is COc1ccc(O)c(-c2nc(C3(OC)CCCC3)no2)c1. The summed E-state index contributed by atoms with van der Waals surface area (Å²) >= 11 is 0. The average molecular weight is 290 g/mol. The highest BCUT2D eigenvalue weighted by Gasteiger charge is 2.40. The largest absolute Gasteiger partial charge is 0.507 e. The zero-order chi connectivity index (χ0) is 14.9. The van der Waals surface area contributed by atoms with Crippen LogP contribution in [0.2, 0.25) is 0 Å². The predicted octanol–water partition coefficient (Wildman–Crippen LogP) is 2.87. The molecule has 3 rings (SSSR count). The van der Waals surface area contributed by atoms with Crippen LogP contribution < -0.4 is 4.74 Å². The van der Waals surface area contributed by atoms with Crippen molar-refractivity contribution in [3.05, 3.63) is 24.0 Å². The fraction of sp³-hybridized carbons (Fsp3) is 0.467. The molecule has 1 aliphatic carbocycles. The molecule has 1 aromatic heterocycles. The molecule has 0 amide bonds. The number of nitrogens with zero attached hydrogens (tertiary/aromatic N) is 2. The summed E-state index contributed by atoms with van der Waals surface area (Å²) in [6.07, 6.45) is 3.93. The molecular weight excluding hydrogens is 272 g/mol. The van der Waals surface area contributed by atoms with Gasteiger partial charge in [-0.2, -0.15) is 4.98 Å². The summed E-state index contributed by atoms with van der Waals surface area (Å²) in [5, 5.41) is 14.0. The van der Waals surface area contributed by atoms with E-state index in [1.165, 1.54) is 0 Å². The van der Waals surface area contributed by atoms with E-state index < -0.39 is 5.60 Å². The number of methoxy groups -OCH3 is 2. The van der Waals surface area contributed by atoms with Crippen LogP contribution in [0.3, 0.4) is 0 Å². The first-order valence-electron chi connectivity index (χ1n) is 6.95. The van der Waals surface area contributed by atoms with Crippen molar-refractivity contribution in [3.8, 4) is 23.0 Å². The predicted molar refractivity (Wildman–Crippen MR) is 75.1 cm³/mol. The van der Waals surface area contributed by atoms with Crippen molar-refractivity contribution in [1.82, 2.24) is 10.1 Å². The third kappa shape index (κ3) is 2.35. The quantitative estimate of drug-likeness (QED) is 0.933. The van der Waals surface area contributed by atoms with Crippen molar-refractivity contribution in [2.24, 2.45) is 0 Å². The van der Waals surface area contributed by atoms with Crippen molar-refractivity contribution in [1.29, 1.82) is 0 Å². The molecule has 2 aromatic rings. The van der Waals surface area contributed by atoms with Gasteiger partial charge < -0.3 is 19.1 Å². The molecule has 1 N–H and O–H groups in total. The van der Waals surface area contributed by atoms with Crippen LogP contribution in [0.5, 0.6) is 11.5 Å². The maximum Gasteiger partial charge on any atom is 0.261 e. The topological polar surface area (TPSA) is 77.6 Å². The summed E-state index contributed by atoms with van der Waals surface area (Å²) < 4.78 is 16.1. The molecule has 1 saturated carbocycles. The van der Waals surface area contributed by atoms with E-state index in [1.54, 1.807) is 32.4 Å². The van der Waals surface area contributed by atoms with Crippen LogP contribution in [0.25, 0.3) is 11.5 Å². The van der Waals surface area contributed by atoms with Crippen molar-refractivity contribution in [2.45, 2.75) is 31.3 Å². The van der Waals surface area contributed by atoms with E-state index in [-0.39, 0.29) is 11.6 Å². The highest BCUT2D eigenvalue weighted by Crippen LogP contribution is 2.41.